The van der Waals surface area contributed by atoms with Crippen LogP contribution in [0.4, 0.5) is 0 Å². The summed E-state index contributed by atoms with van der Waals surface area (Å²) in [7, 11) is 0. The van der Waals surface area contributed by atoms with Crippen molar-refractivity contribution in [2.45, 2.75) is 78.1 Å². The number of hydrogen-bond donors (Lipinski definition) is 2. The molecule has 0 aliphatic rings. The van der Waals surface area contributed by atoms with E-state index in [-0.39, 0.29) is 11.8 Å². The molecule has 4 heteroatoms. The van der Waals surface area contributed by atoms with Gasteiger partial charge in [-0.2, -0.15) is 0 Å². The Bertz CT molecular complexity index is 264. The minimum atomic E-state index is -0.686. The molecule has 118 valence electrons. The molecule has 0 aliphatic heterocycles. The first-order valence-electron chi connectivity index (χ1n) is 8.03. The molecule has 0 aromatic rings. The maximum absolute atomic E-state index is 11.3. The Balaban J connectivity index is 3.10. The zero-order valence-corrected chi connectivity index (χ0v) is 13.1. The lowest BCUT2D eigenvalue weighted by Crippen LogP contribution is -2.28. The summed E-state index contributed by atoms with van der Waals surface area (Å²) in [6.45, 7) is 4.61. The molecule has 0 spiro atoms. The van der Waals surface area contributed by atoms with Crippen LogP contribution in [0.2, 0.25) is 0 Å². The molecular weight excluding hydrogens is 254 g/mol. The molecule has 0 bridgehead atoms. The Morgan fingerprint density at radius 3 is 1.75 bits per heavy atom. The summed E-state index contributed by atoms with van der Waals surface area (Å²) in [6.07, 6.45) is 10.5. The van der Waals surface area contributed by atoms with Crippen LogP contribution in [-0.4, -0.2) is 23.5 Å². The third kappa shape index (κ3) is 13.4. The molecule has 0 radical (unpaired) electrons. The molecule has 0 heterocycles. The summed E-state index contributed by atoms with van der Waals surface area (Å²) in [4.78, 5) is 21.6. The van der Waals surface area contributed by atoms with Crippen molar-refractivity contribution in [2.24, 2.45) is 5.92 Å². The standard InChI is InChI=1S/C16H31NO3/c1-14(2)16(20)17-13-11-9-7-5-3-4-6-8-10-12-15(18)19/h14H,3-13H2,1-2H3,(H,17,20)(H,18,19). The summed E-state index contributed by atoms with van der Waals surface area (Å²) in [5.41, 5.74) is 0. The Labute approximate surface area is 123 Å². The molecule has 0 rings (SSSR count). The molecule has 0 unspecified atom stereocenters. The Hall–Kier alpha value is -1.06. The molecule has 0 saturated carbocycles. The Kier molecular flexibility index (Phi) is 12.3. The van der Waals surface area contributed by atoms with Crippen LogP contribution in [0.15, 0.2) is 0 Å². The number of nitrogens with one attached hydrogen (secondary N) is 1. The molecule has 4 nitrogen and oxygen atoms in total. The molecule has 20 heavy (non-hydrogen) atoms. The van der Waals surface area contributed by atoms with E-state index in [0.29, 0.717) is 6.42 Å². The van der Waals surface area contributed by atoms with Gasteiger partial charge < -0.3 is 10.4 Å². The molecule has 0 saturated heterocycles. The van der Waals surface area contributed by atoms with Crippen molar-refractivity contribution in [3.05, 3.63) is 0 Å². The third-order valence-corrected chi connectivity index (χ3v) is 3.39. The van der Waals surface area contributed by atoms with Gasteiger partial charge in [0.25, 0.3) is 0 Å². The Morgan fingerprint density at radius 1 is 0.850 bits per heavy atom. The van der Waals surface area contributed by atoms with Gasteiger partial charge in [-0.3, -0.25) is 9.59 Å². The number of carboxylic acid groups (broad SMARTS) is 1. The number of aliphatic carboxylic acids is 1. The van der Waals surface area contributed by atoms with Gasteiger partial charge in [0.15, 0.2) is 0 Å². The first-order chi connectivity index (χ1) is 9.54. The summed E-state index contributed by atoms with van der Waals surface area (Å²) >= 11 is 0. The maximum Gasteiger partial charge on any atom is 0.303 e. The van der Waals surface area contributed by atoms with Crippen molar-refractivity contribution in [2.75, 3.05) is 6.54 Å². The number of carbonyl (C=O) groups excluding carboxylic acids is 1. The zero-order valence-electron chi connectivity index (χ0n) is 13.1. The second-order valence-electron chi connectivity index (χ2n) is 5.77. The fourth-order valence-electron chi connectivity index (χ4n) is 2.05. The van der Waals surface area contributed by atoms with Crippen LogP contribution in [0.25, 0.3) is 0 Å². The van der Waals surface area contributed by atoms with Gasteiger partial charge in [-0.25, -0.2) is 0 Å². The molecule has 0 aromatic heterocycles. The minimum Gasteiger partial charge on any atom is -0.481 e. The van der Waals surface area contributed by atoms with Crippen molar-refractivity contribution in [1.82, 2.24) is 5.32 Å². The minimum absolute atomic E-state index is 0.0797. The summed E-state index contributed by atoms with van der Waals surface area (Å²) in [5, 5.41) is 11.4. The highest BCUT2D eigenvalue weighted by Crippen LogP contribution is 2.10. The van der Waals surface area contributed by atoms with Crippen LogP contribution >= 0.6 is 0 Å². The van der Waals surface area contributed by atoms with Gasteiger partial charge in [-0.05, 0) is 12.8 Å². The monoisotopic (exact) mass is 285 g/mol. The average Bonchev–Trinajstić information content (AvgIpc) is 2.39. The normalized spacial score (nSPS) is 10.8. The van der Waals surface area contributed by atoms with Crippen LogP contribution < -0.4 is 5.32 Å². The number of unbranched alkanes of at least 4 members (excludes halogenated alkanes) is 8. The van der Waals surface area contributed by atoms with E-state index in [0.717, 1.165) is 32.2 Å². The van der Waals surface area contributed by atoms with Gasteiger partial charge in [0.2, 0.25) is 5.91 Å². The lowest BCUT2D eigenvalue weighted by atomic mass is 10.1. The lowest BCUT2D eigenvalue weighted by Gasteiger charge is -2.07. The maximum atomic E-state index is 11.3. The number of carbonyl (C=O) groups is 2. The summed E-state index contributed by atoms with van der Waals surface area (Å²) in [6, 6.07) is 0. The first-order valence-corrected chi connectivity index (χ1v) is 8.03. The zero-order chi connectivity index (χ0) is 15.2. The first kappa shape index (κ1) is 18.9. The van der Waals surface area contributed by atoms with Crippen LogP contribution in [0.5, 0.6) is 0 Å². The van der Waals surface area contributed by atoms with Gasteiger partial charge in [-0.15, -0.1) is 0 Å². The number of rotatable bonds is 13. The van der Waals surface area contributed by atoms with Crippen molar-refractivity contribution < 1.29 is 14.7 Å². The van der Waals surface area contributed by atoms with E-state index in [1.807, 2.05) is 13.8 Å². The lowest BCUT2D eigenvalue weighted by molar-refractivity contribution is -0.137. The van der Waals surface area contributed by atoms with Crippen LogP contribution in [0, 0.1) is 5.92 Å². The van der Waals surface area contributed by atoms with Crippen molar-refractivity contribution >= 4 is 11.9 Å². The van der Waals surface area contributed by atoms with Crippen LogP contribution in [0.3, 0.4) is 0 Å². The summed E-state index contributed by atoms with van der Waals surface area (Å²) in [5.74, 6) is -0.461. The fraction of sp³-hybridized carbons (Fsp3) is 0.875. The second kappa shape index (κ2) is 12.9. The van der Waals surface area contributed by atoms with Crippen molar-refractivity contribution in [3.8, 4) is 0 Å². The SMILES string of the molecule is CC(C)C(=O)NCCCCCCCCCCCC(=O)O. The van der Waals surface area contributed by atoms with E-state index in [2.05, 4.69) is 5.32 Å². The van der Waals surface area contributed by atoms with E-state index >= 15 is 0 Å². The van der Waals surface area contributed by atoms with Gasteiger partial charge in [0, 0.05) is 18.9 Å². The highest BCUT2D eigenvalue weighted by molar-refractivity contribution is 5.77. The molecule has 0 atom stereocenters. The molecule has 2 N–H and O–H groups in total. The largest absolute Gasteiger partial charge is 0.481 e. The van der Waals surface area contributed by atoms with E-state index in [9.17, 15) is 9.59 Å². The smallest absolute Gasteiger partial charge is 0.303 e. The molecular formula is C16H31NO3. The number of carboxylic acids is 1. The summed E-state index contributed by atoms with van der Waals surface area (Å²) < 4.78 is 0. The number of amides is 1. The highest BCUT2D eigenvalue weighted by Gasteiger charge is 2.04. The fourth-order valence-corrected chi connectivity index (χ4v) is 2.05. The van der Waals surface area contributed by atoms with Crippen LogP contribution in [-0.2, 0) is 9.59 Å². The number of hydrogen-bond acceptors (Lipinski definition) is 2. The highest BCUT2D eigenvalue weighted by atomic mass is 16.4. The van der Waals surface area contributed by atoms with Crippen molar-refractivity contribution in [1.29, 1.82) is 0 Å². The molecule has 0 aliphatic carbocycles. The van der Waals surface area contributed by atoms with E-state index in [1.54, 1.807) is 0 Å². The topological polar surface area (TPSA) is 66.4 Å². The second-order valence-corrected chi connectivity index (χ2v) is 5.77. The van der Waals surface area contributed by atoms with Gasteiger partial charge >= 0.3 is 5.97 Å². The van der Waals surface area contributed by atoms with Gasteiger partial charge in [0.05, 0.1) is 0 Å². The molecule has 1 amide bonds. The Morgan fingerprint density at radius 2 is 1.30 bits per heavy atom. The van der Waals surface area contributed by atoms with Crippen LogP contribution in [0.1, 0.15) is 78.1 Å². The molecule has 0 aromatic carbocycles. The predicted molar refractivity (Wildman–Crippen MR) is 81.7 cm³/mol. The predicted octanol–water partition coefficient (Wildman–Crippen LogP) is 3.74. The van der Waals surface area contributed by atoms with E-state index in [4.69, 9.17) is 5.11 Å². The van der Waals surface area contributed by atoms with Crippen molar-refractivity contribution in [3.63, 3.8) is 0 Å². The third-order valence-electron chi connectivity index (χ3n) is 3.39. The van der Waals surface area contributed by atoms with Gasteiger partial charge in [-0.1, -0.05) is 58.8 Å². The quantitative estimate of drug-likeness (QED) is 0.506. The van der Waals surface area contributed by atoms with Gasteiger partial charge in [0.1, 0.15) is 0 Å². The average molecular weight is 285 g/mol. The molecule has 0 fully saturated rings. The van der Waals surface area contributed by atoms with E-state index < -0.39 is 5.97 Å². The van der Waals surface area contributed by atoms with E-state index in [1.165, 1.54) is 32.1 Å².